The first-order chi connectivity index (χ1) is 11.1. The number of hydrogen-bond donors (Lipinski definition) is 2. The third-order valence-corrected chi connectivity index (χ3v) is 5.34. The number of para-hydroxylation sites is 1. The highest BCUT2D eigenvalue weighted by molar-refractivity contribution is 7.99. The van der Waals surface area contributed by atoms with Gasteiger partial charge in [-0.15, -0.1) is 0 Å². The minimum absolute atomic E-state index is 0.172. The summed E-state index contributed by atoms with van der Waals surface area (Å²) in [6.07, 6.45) is 3.04. The molecule has 6 heteroatoms. The molecule has 0 aliphatic carbocycles. The van der Waals surface area contributed by atoms with Gasteiger partial charge in [-0.05, 0) is 30.7 Å². The van der Waals surface area contributed by atoms with E-state index in [2.05, 4.69) is 10.4 Å². The molecule has 1 aliphatic rings. The fourth-order valence-electron chi connectivity index (χ4n) is 2.77. The number of rotatable bonds is 5. The molecule has 2 aromatic rings. The predicted octanol–water partition coefficient (Wildman–Crippen LogP) is 2.03. The molecule has 0 saturated carbocycles. The summed E-state index contributed by atoms with van der Waals surface area (Å²) in [6, 6.07) is 9.78. The van der Waals surface area contributed by atoms with Crippen LogP contribution in [0.3, 0.4) is 0 Å². The summed E-state index contributed by atoms with van der Waals surface area (Å²) in [5.74, 6) is 1.45. The molecule has 1 aliphatic heterocycles. The number of benzene rings is 1. The standard InChI is InChI=1S/C17H21N3O2S/c1-2-15-14(10-19-20(15)13-6-4-3-5-7-13)16(21)18-11-17(22)8-9-23-12-17/h3-7,10,22H,2,8-9,11-12H2,1H3,(H,18,21). The molecule has 0 radical (unpaired) electrons. The van der Waals surface area contributed by atoms with Gasteiger partial charge in [0.15, 0.2) is 0 Å². The van der Waals surface area contributed by atoms with Crippen LogP contribution >= 0.6 is 11.8 Å². The van der Waals surface area contributed by atoms with E-state index in [0.29, 0.717) is 24.3 Å². The van der Waals surface area contributed by atoms with Gasteiger partial charge < -0.3 is 10.4 Å². The van der Waals surface area contributed by atoms with Gasteiger partial charge in [-0.3, -0.25) is 4.79 Å². The average Bonchev–Trinajstić information content (AvgIpc) is 3.20. The zero-order chi connectivity index (χ0) is 16.3. The minimum atomic E-state index is -0.776. The van der Waals surface area contributed by atoms with Crippen LogP contribution in [0.2, 0.25) is 0 Å². The molecule has 2 heterocycles. The van der Waals surface area contributed by atoms with Crippen LogP contribution in [0.15, 0.2) is 36.5 Å². The fourth-order valence-corrected chi connectivity index (χ4v) is 4.07. The van der Waals surface area contributed by atoms with E-state index in [1.54, 1.807) is 22.6 Å². The Hall–Kier alpha value is -1.79. The van der Waals surface area contributed by atoms with Gasteiger partial charge in [0.1, 0.15) is 0 Å². The maximum absolute atomic E-state index is 12.5. The Bertz CT molecular complexity index is 678. The molecular formula is C17H21N3O2S. The van der Waals surface area contributed by atoms with Crippen molar-refractivity contribution in [3.63, 3.8) is 0 Å². The van der Waals surface area contributed by atoms with E-state index < -0.39 is 5.60 Å². The lowest BCUT2D eigenvalue weighted by atomic mass is 10.0. The number of thioether (sulfide) groups is 1. The third kappa shape index (κ3) is 3.43. The molecule has 1 amide bonds. The van der Waals surface area contributed by atoms with Gasteiger partial charge in [0, 0.05) is 12.3 Å². The molecule has 0 bridgehead atoms. The maximum Gasteiger partial charge on any atom is 0.254 e. The van der Waals surface area contributed by atoms with Crippen molar-refractivity contribution in [3.05, 3.63) is 47.8 Å². The van der Waals surface area contributed by atoms with Crippen molar-refractivity contribution in [3.8, 4) is 5.69 Å². The third-order valence-electron chi connectivity index (χ3n) is 4.11. The number of carbonyl (C=O) groups is 1. The molecule has 122 valence electrons. The molecule has 1 unspecified atom stereocenters. The van der Waals surface area contributed by atoms with Crippen molar-refractivity contribution in [1.29, 1.82) is 0 Å². The maximum atomic E-state index is 12.5. The van der Waals surface area contributed by atoms with Crippen LogP contribution in [0.5, 0.6) is 0 Å². The highest BCUT2D eigenvalue weighted by atomic mass is 32.2. The van der Waals surface area contributed by atoms with Gasteiger partial charge in [-0.1, -0.05) is 25.1 Å². The van der Waals surface area contributed by atoms with Crippen LogP contribution in [-0.2, 0) is 6.42 Å². The Morgan fingerprint density at radius 2 is 2.22 bits per heavy atom. The van der Waals surface area contributed by atoms with Crippen molar-refractivity contribution in [2.45, 2.75) is 25.4 Å². The Labute approximate surface area is 140 Å². The number of nitrogens with one attached hydrogen (secondary N) is 1. The summed E-state index contributed by atoms with van der Waals surface area (Å²) in [5.41, 5.74) is 1.61. The molecule has 1 aromatic carbocycles. The molecule has 0 spiro atoms. The number of hydrogen-bond acceptors (Lipinski definition) is 4. The number of aromatic nitrogens is 2. The van der Waals surface area contributed by atoms with Crippen molar-refractivity contribution in [2.75, 3.05) is 18.1 Å². The van der Waals surface area contributed by atoms with Crippen LogP contribution in [0.25, 0.3) is 5.69 Å². The molecule has 23 heavy (non-hydrogen) atoms. The van der Waals surface area contributed by atoms with Crippen LogP contribution in [0, 0.1) is 0 Å². The fraction of sp³-hybridized carbons (Fsp3) is 0.412. The van der Waals surface area contributed by atoms with Crippen molar-refractivity contribution < 1.29 is 9.90 Å². The number of aliphatic hydroxyl groups is 1. The van der Waals surface area contributed by atoms with E-state index in [-0.39, 0.29) is 5.91 Å². The Kier molecular flexibility index (Phi) is 4.73. The highest BCUT2D eigenvalue weighted by Crippen LogP contribution is 2.27. The van der Waals surface area contributed by atoms with E-state index in [9.17, 15) is 9.90 Å². The molecule has 1 fully saturated rings. The predicted molar refractivity (Wildman–Crippen MR) is 92.2 cm³/mol. The summed E-state index contributed by atoms with van der Waals surface area (Å²) < 4.78 is 1.80. The van der Waals surface area contributed by atoms with E-state index in [4.69, 9.17) is 0 Å². The smallest absolute Gasteiger partial charge is 0.254 e. The van der Waals surface area contributed by atoms with Crippen molar-refractivity contribution in [1.82, 2.24) is 15.1 Å². The summed E-state index contributed by atoms with van der Waals surface area (Å²) in [5, 5.41) is 17.6. The molecule has 1 atom stereocenters. The van der Waals surface area contributed by atoms with Crippen molar-refractivity contribution >= 4 is 17.7 Å². The topological polar surface area (TPSA) is 67.2 Å². The summed E-state index contributed by atoms with van der Waals surface area (Å²) in [6.45, 7) is 2.30. The molecule has 1 saturated heterocycles. The normalized spacial score (nSPS) is 20.6. The van der Waals surface area contributed by atoms with Gasteiger partial charge in [0.2, 0.25) is 0 Å². The lowest BCUT2D eigenvalue weighted by molar-refractivity contribution is 0.0612. The summed E-state index contributed by atoms with van der Waals surface area (Å²) >= 11 is 1.72. The Morgan fingerprint density at radius 3 is 2.87 bits per heavy atom. The highest BCUT2D eigenvalue weighted by Gasteiger charge is 2.32. The van der Waals surface area contributed by atoms with E-state index in [1.165, 1.54) is 0 Å². The lowest BCUT2D eigenvalue weighted by Crippen LogP contribution is -2.43. The van der Waals surface area contributed by atoms with Crippen molar-refractivity contribution in [2.24, 2.45) is 0 Å². The first kappa shape index (κ1) is 16.1. The molecule has 1 aromatic heterocycles. The lowest BCUT2D eigenvalue weighted by Gasteiger charge is -2.21. The Balaban J connectivity index is 1.77. The monoisotopic (exact) mass is 331 g/mol. The van der Waals surface area contributed by atoms with Gasteiger partial charge in [0.05, 0.1) is 28.7 Å². The second kappa shape index (κ2) is 6.76. The largest absolute Gasteiger partial charge is 0.387 e. The van der Waals surface area contributed by atoms with Crippen LogP contribution in [0.1, 0.15) is 29.4 Å². The van der Waals surface area contributed by atoms with Gasteiger partial charge in [-0.25, -0.2) is 4.68 Å². The number of amides is 1. The molecule has 3 rings (SSSR count). The first-order valence-electron chi connectivity index (χ1n) is 7.83. The van der Waals surface area contributed by atoms with Gasteiger partial charge in [0.25, 0.3) is 5.91 Å². The summed E-state index contributed by atoms with van der Waals surface area (Å²) in [7, 11) is 0. The Morgan fingerprint density at radius 1 is 1.43 bits per heavy atom. The average molecular weight is 331 g/mol. The number of nitrogens with zero attached hydrogens (tertiary/aromatic N) is 2. The zero-order valence-corrected chi connectivity index (χ0v) is 14.0. The zero-order valence-electron chi connectivity index (χ0n) is 13.2. The van der Waals surface area contributed by atoms with Gasteiger partial charge in [-0.2, -0.15) is 16.9 Å². The quantitative estimate of drug-likeness (QED) is 0.880. The summed E-state index contributed by atoms with van der Waals surface area (Å²) in [4.78, 5) is 12.5. The van der Waals surface area contributed by atoms with E-state index >= 15 is 0 Å². The number of carbonyl (C=O) groups excluding carboxylic acids is 1. The molecule has 5 nitrogen and oxygen atoms in total. The second-order valence-electron chi connectivity index (χ2n) is 5.82. The van der Waals surface area contributed by atoms with Gasteiger partial charge >= 0.3 is 0 Å². The van der Waals surface area contributed by atoms with Crippen LogP contribution in [0.4, 0.5) is 0 Å². The van der Waals surface area contributed by atoms with E-state index in [0.717, 1.165) is 23.6 Å². The van der Waals surface area contributed by atoms with Crippen LogP contribution < -0.4 is 5.32 Å². The first-order valence-corrected chi connectivity index (χ1v) is 8.99. The molecular weight excluding hydrogens is 310 g/mol. The van der Waals surface area contributed by atoms with E-state index in [1.807, 2.05) is 37.3 Å². The molecule has 2 N–H and O–H groups in total. The minimum Gasteiger partial charge on any atom is -0.387 e. The van der Waals surface area contributed by atoms with Crippen LogP contribution in [-0.4, -0.2) is 44.4 Å². The SMILES string of the molecule is CCc1c(C(=O)NCC2(O)CCSC2)cnn1-c1ccccc1. The second-order valence-corrected chi connectivity index (χ2v) is 6.92.